The van der Waals surface area contributed by atoms with Crippen LogP contribution in [0.15, 0.2) is 0 Å². The smallest absolute Gasteiger partial charge is 0.418 e. The minimum absolute atomic E-state index is 0.571. The van der Waals surface area contributed by atoms with E-state index in [1.165, 1.54) is 0 Å². The highest BCUT2D eigenvalue weighted by molar-refractivity contribution is 8.08. The fraction of sp³-hybridized carbons (Fsp3) is 0.833. The average Bonchev–Trinajstić information content (AvgIpc) is 2.22. The van der Waals surface area contributed by atoms with Crippen molar-refractivity contribution in [2.24, 2.45) is 0 Å². The molecule has 0 aromatic rings. The molecule has 5 nitrogen and oxygen atoms in total. The van der Waals surface area contributed by atoms with Gasteiger partial charge in [-0.15, -0.1) is 0 Å². The van der Waals surface area contributed by atoms with E-state index in [0.29, 0.717) is 0 Å². The molecular weight excluding hydrogens is 222 g/mol. The van der Waals surface area contributed by atoms with E-state index < -0.39 is 42.4 Å². The molecule has 0 aliphatic rings. The number of halogens is 2. The van der Waals surface area contributed by atoms with Crippen LogP contribution < -0.4 is 0 Å². The van der Waals surface area contributed by atoms with Crippen LogP contribution in [0.3, 0.4) is 0 Å². The first-order valence-electron chi connectivity index (χ1n) is 3.70. The first-order chi connectivity index (χ1) is 6.60. The van der Waals surface area contributed by atoms with Crippen LogP contribution in [0.4, 0.5) is 13.6 Å². The molecule has 86 valence electrons. The fourth-order valence-corrected chi connectivity index (χ4v) is 1.69. The van der Waals surface area contributed by atoms with Crippen LogP contribution in [0.1, 0.15) is 0 Å². The summed E-state index contributed by atoms with van der Waals surface area (Å²) in [5.41, 5.74) is 0. The summed E-state index contributed by atoms with van der Waals surface area (Å²) < 4.78 is 47.6. The van der Waals surface area contributed by atoms with Crippen molar-refractivity contribution >= 4 is 15.8 Å². The molecule has 14 heavy (non-hydrogen) atoms. The summed E-state index contributed by atoms with van der Waals surface area (Å²) in [6, 6.07) is 0. The van der Waals surface area contributed by atoms with Crippen LogP contribution >= 0.6 is 0 Å². The van der Waals surface area contributed by atoms with E-state index in [9.17, 15) is 17.8 Å². The van der Waals surface area contributed by atoms with Crippen LogP contribution in [0.2, 0.25) is 0 Å². The van der Waals surface area contributed by atoms with Crippen molar-refractivity contribution in [2.45, 2.75) is 0 Å². The third-order valence-corrected chi connectivity index (χ3v) is 2.75. The lowest BCUT2D eigenvalue weighted by molar-refractivity contribution is 0.166. The second-order valence-corrected chi connectivity index (χ2v) is 3.89. The summed E-state index contributed by atoms with van der Waals surface area (Å²) in [6.45, 7) is -3.00. The lowest BCUT2D eigenvalue weighted by atomic mass is 10.9. The molecular formula is C6H12F2O5S. The Morgan fingerprint density at radius 1 is 1.21 bits per heavy atom. The Bertz CT molecular complexity index is 210. The normalized spacial score (nSPS) is 12.5. The van der Waals surface area contributed by atoms with Crippen molar-refractivity contribution in [1.29, 1.82) is 0 Å². The van der Waals surface area contributed by atoms with Gasteiger partial charge in [-0.25, -0.2) is 17.8 Å². The first kappa shape index (κ1) is 13.4. The third kappa shape index (κ3) is 4.07. The van der Waals surface area contributed by atoms with Crippen molar-refractivity contribution in [1.82, 2.24) is 0 Å². The summed E-state index contributed by atoms with van der Waals surface area (Å²) in [7, 11) is -3.22. The second-order valence-electron chi connectivity index (χ2n) is 2.01. The highest BCUT2D eigenvalue weighted by Gasteiger charge is 2.26. The monoisotopic (exact) mass is 234 g/mol. The molecule has 8 heteroatoms. The van der Waals surface area contributed by atoms with E-state index in [4.69, 9.17) is 0 Å². The molecule has 0 saturated heterocycles. The molecule has 0 aromatic carbocycles. The molecule has 0 saturated carbocycles. The van der Waals surface area contributed by atoms with Gasteiger partial charge in [0.1, 0.15) is 13.3 Å². The van der Waals surface area contributed by atoms with Gasteiger partial charge in [0, 0.05) is 0 Å². The molecule has 0 aromatic heterocycles. The first-order valence-corrected chi connectivity index (χ1v) is 5.24. The molecule has 0 rings (SSSR count). The molecule has 0 unspecified atom stereocenters. The van der Waals surface area contributed by atoms with Crippen molar-refractivity contribution in [3.63, 3.8) is 0 Å². The van der Waals surface area contributed by atoms with Crippen molar-refractivity contribution in [3.8, 4) is 0 Å². The van der Waals surface area contributed by atoms with Gasteiger partial charge in [0.15, 0.2) is 10.5 Å². The minimum Gasteiger partial charge on any atom is -0.458 e. The summed E-state index contributed by atoms with van der Waals surface area (Å²) in [4.78, 5) is 10.9. The number of rotatable bonds is 6. The maximum absolute atomic E-state index is 11.7. The largest absolute Gasteiger partial charge is 0.458 e. The van der Waals surface area contributed by atoms with Gasteiger partial charge in [0.2, 0.25) is 0 Å². The van der Waals surface area contributed by atoms with E-state index in [-0.39, 0.29) is 0 Å². The quantitative estimate of drug-likeness (QED) is 0.538. The van der Waals surface area contributed by atoms with Gasteiger partial charge in [-0.1, -0.05) is 0 Å². The number of carbonyl (C=O) groups is 1. The lowest BCUT2D eigenvalue weighted by Crippen LogP contribution is -2.30. The minimum atomic E-state index is -4.18. The zero-order valence-electron chi connectivity index (χ0n) is 7.57. The molecule has 0 aliphatic carbocycles. The van der Waals surface area contributed by atoms with Crippen LogP contribution in [-0.2, 0) is 23.6 Å². The number of hydrogen-bond donors (Lipinski definition) is 1. The standard InChI is InChI=1S/C6H12F2O5S/c1-11-6(9)14(10,12-4-2-7)13-5-3-8/h14H,2-5H2,1H3. The zero-order chi connectivity index (χ0) is 11.0. The van der Waals surface area contributed by atoms with E-state index >= 15 is 0 Å². The van der Waals surface area contributed by atoms with Crippen LogP contribution in [-0.4, -0.2) is 43.2 Å². The van der Waals surface area contributed by atoms with Gasteiger partial charge in [-0.05, 0) is 0 Å². The molecule has 0 atom stereocenters. The molecule has 0 radical (unpaired) electrons. The van der Waals surface area contributed by atoms with Gasteiger partial charge in [0.25, 0.3) is 0 Å². The topological polar surface area (TPSA) is 61.8 Å². The molecule has 0 heterocycles. The molecule has 0 amide bonds. The third-order valence-electron chi connectivity index (χ3n) is 1.08. The molecule has 0 aliphatic heterocycles. The maximum atomic E-state index is 11.7. The van der Waals surface area contributed by atoms with Gasteiger partial charge in [-0.3, -0.25) is 8.37 Å². The van der Waals surface area contributed by atoms with E-state index in [0.717, 1.165) is 7.11 Å². The molecule has 0 fully saturated rings. The fourth-order valence-electron chi connectivity index (χ4n) is 0.564. The van der Waals surface area contributed by atoms with Crippen molar-refractivity contribution < 1.29 is 30.9 Å². The molecule has 0 spiro atoms. The summed E-state index contributed by atoms with van der Waals surface area (Å²) in [5, 5.41) is -1.26. The average molecular weight is 234 g/mol. The predicted octanol–water partition coefficient (Wildman–Crippen LogP) is 0.572. The van der Waals surface area contributed by atoms with Crippen LogP contribution in [0.5, 0.6) is 0 Å². The highest BCUT2D eigenvalue weighted by atomic mass is 32.3. The molecule has 0 N–H and O–H groups in total. The van der Waals surface area contributed by atoms with E-state index in [1.54, 1.807) is 0 Å². The zero-order valence-corrected chi connectivity index (χ0v) is 8.47. The lowest BCUT2D eigenvalue weighted by Gasteiger charge is -2.20. The Labute approximate surface area is 81.2 Å². The maximum Gasteiger partial charge on any atom is 0.418 e. The number of methoxy groups -OCH3 is 1. The second kappa shape index (κ2) is 6.80. The molecule has 0 bridgehead atoms. The highest BCUT2D eigenvalue weighted by Crippen LogP contribution is 2.12. The Hall–Kier alpha value is -0.600. The van der Waals surface area contributed by atoms with Gasteiger partial charge in [-0.2, -0.15) is 0 Å². The summed E-state index contributed by atoms with van der Waals surface area (Å²) in [5.74, 6) is 0. The van der Waals surface area contributed by atoms with Gasteiger partial charge in [0.05, 0.1) is 20.3 Å². The number of thiol groups is 1. The number of hydrogen-bond acceptors (Lipinski definition) is 5. The van der Waals surface area contributed by atoms with E-state index in [1.807, 2.05) is 0 Å². The Morgan fingerprint density at radius 3 is 1.93 bits per heavy atom. The summed E-state index contributed by atoms with van der Waals surface area (Å²) >= 11 is 0. The van der Waals surface area contributed by atoms with E-state index in [2.05, 4.69) is 13.1 Å². The van der Waals surface area contributed by atoms with Crippen molar-refractivity contribution in [2.75, 3.05) is 33.7 Å². The number of alkyl halides is 2. The summed E-state index contributed by atoms with van der Waals surface area (Å²) in [6.07, 6.45) is 0. The Balaban J connectivity index is 4.33. The number of ether oxygens (including phenoxy) is 1. The van der Waals surface area contributed by atoms with Gasteiger partial charge < -0.3 is 4.74 Å². The Morgan fingerprint density at radius 2 is 1.64 bits per heavy atom. The van der Waals surface area contributed by atoms with Crippen LogP contribution in [0.25, 0.3) is 0 Å². The van der Waals surface area contributed by atoms with Crippen LogP contribution in [0, 0.1) is 0 Å². The van der Waals surface area contributed by atoms with Gasteiger partial charge >= 0.3 is 5.30 Å². The SMILES string of the molecule is COC(=O)[SH](=O)(OCCF)OCCF. The van der Waals surface area contributed by atoms with Crippen molar-refractivity contribution in [3.05, 3.63) is 0 Å². The Kier molecular flexibility index (Phi) is 6.50. The number of carbonyl (C=O) groups excluding carboxylic acids is 1. The predicted molar refractivity (Wildman–Crippen MR) is 45.8 cm³/mol.